The van der Waals surface area contributed by atoms with Crippen LogP contribution in [0, 0.1) is 0 Å². The summed E-state index contributed by atoms with van der Waals surface area (Å²) in [6.45, 7) is 0.972. The fourth-order valence-electron chi connectivity index (χ4n) is 1.73. The molecule has 1 aliphatic heterocycles. The summed E-state index contributed by atoms with van der Waals surface area (Å²) in [7, 11) is 0. The van der Waals surface area contributed by atoms with Crippen molar-refractivity contribution in [1.29, 1.82) is 0 Å². The Labute approximate surface area is 97.6 Å². The van der Waals surface area contributed by atoms with Gasteiger partial charge in [0.05, 0.1) is 0 Å². The van der Waals surface area contributed by atoms with Crippen LogP contribution in [0.4, 0.5) is 0 Å². The van der Waals surface area contributed by atoms with Crippen LogP contribution in [0.3, 0.4) is 0 Å². The predicted octanol–water partition coefficient (Wildman–Crippen LogP) is 1.61. The first-order valence-corrected chi connectivity index (χ1v) is 5.33. The smallest absolute Gasteiger partial charge is 0.162 e. The second kappa shape index (κ2) is 4.10. The summed E-state index contributed by atoms with van der Waals surface area (Å²) in [5.74, 6) is 1.89. The Morgan fingerprint density at radius 3 is 2.71 bits per heavy atom. The maximum atomic E-state index is 8.91. The van der Waals surface area contributed by atoms with E-state index in [0.29, 0.717) is 30.4 Å². The minimum atomic E-state index is -0.155. The number of aromatic nitrogens is 1. The van der Waals surface area contributed by atoms with Crippen LogP contribution in [-0.4, -0.2) is 23.5 Å². The van der Waals surface area contributed by atoms with Gasteiger partial charge in [0.15, 0.2) is 17.3 Å². The minimum absolute atomic E-state index is 0.155. The first kappa shape index (κ1) is 10.2. The summed E-state index contributed by atoms with van der Waals surface area (Å²) in [5.41, 5.74) is 1.55. The van der Waals surface area contributed by atoms with E-state index in [2.05, 4.69) is 5.16 Å². The van der Waals surface area contributed by atoms with Crippen LogP contribution < -0.4 is 9.47 Å². The molecule has 0 saturated carbocycles. The summed E-state index contributed by atoms with van der Waals surface area (Å²) in [5, 5.41) is 12.8. The van der Waals surface area contributed by atoms with Crippen LogP contribution in [-0.2, 0) is 6.61 Å². The molecule has 5 nitrogen and oxygen atoms in total. The largest absolute Gasteiger partial charge is 0.486 e. The monoisotopic (exact) mass is 233 g/mol. The van der Waals surface area contributed by atoms with Crippen LogP contribution in [0.1, 0.15) is 5.76 Å². The molecular formula is C12H11NO4. The number of hydrogen-bond donors (Lipinski definition) is 1. The quantitative estimate of drug-likeness (QED) is 0.853. The van der Waals surface area contributed by atoms with Crippen molar-refractivity contribution >= 4 is 0 Å². The van der Waals surface area contributed by atoms with Gasteiger partial charge in [-0.25, -0.2) is 0 Å². The molecule has 0 fully saturated rings. The fourth-order valence-corrected chi connectivity index (χ4v) is 1.73. The molecule has 0 unspecified atom stereocenters. The Morgan fingerprint density at radius 1 is 1.12 bits per heavy atom. The van der Waals surface area contributed by atoms with E-state index in [1.807, 2.05) is 18.2 Å². The number of benzene rings is 1. The summed E-state index contributed by atoms with van der Waals surface area (Å²) in [6, 6.07) is 7.28. The molecule has 1 aromatic heterocycles. The molecular weight excluding hydrogens is 222 g/mol. The van der Waals surface area contributed by atoms with Gasteiger partial charge in [-0.15, -0.1) is 0 Å². The average Bonchev–Trinajstić information content (AvgIpc) is 2.87. The number of nitrogens with zero attached hydrogens (tertiary/aromatic N) is 1. The Morgan fingerprint density at radius 2 is 1.94 bits per heavy atom. The van der Waals surface area contributed by atoms with Crippen molar-refractivity contribution < 1.29 is 19.1 Å². The molecule has 5 heteroatoms. The Balaban J connectivity index is 1.97. The van der Waals surface area contributed by atoms with E-state index in [1.54, 1.807) is 6.07 Å². The molecule has 1 aromatic carbocycles. The lowest BCUT2D eigenvalue weighted by Gasteiger charge is -2.18. The van der Waals surface area contributed by atoms with E-state index in [0.717, 1.165) is 11.3 Å². The molecule has 1 aliphatic rings. The normalized spacial score (nSPS) is 13.7. The first-order chi connectivity index (χ1) is 8.36. The molecule has 3 rings (SSSR count). The molecule has 17 heavy (non-hydrogen) atoms. The number of ether oxygens (including phenoxy) is 2. The molecule has 0 atom stereocenters. The van der Waals surface area contributed by atoms with Gasteiger partial charge in [0.1, 0.15) is 25.5 Å². The molecule has 2 aromatic rings. The number of aliphatic hydroxyl groups excluding tert-OH is 1. The van der Waals surface area contributed by atoms with Crippen LogP contribution in [0.2, 0.25) is 0 Å². The SMILES string of the molecule is OCc1cc(-c2ccc3c(c2)OCCO3)no1. The zero-order valence-corrected chi connectivity index (χ0v) is 9.05. The molecule has 0 amide bonds. The third-order valence-electron chi connectivity index (χ3n) is 2.55. The second-order valence-electron chi connectivity index (χ2n) is 3.70. The van der Waals surface area contributed by atoms with Crippen molar-refractivity contribution in [2.75, 3.05) is 13.2 Å². The lowest BCUT2D eigenvalue weighted by Crippen LogP contribution is -2.15. The van der Waals surface area contributed by atoms with Gasteiger partial charge in [-0.1, -0.05) is 5.16 Å². The van der Waals surface area contributed by atoms with E-state index in [4.69, 9.17) is 19.1 Å². The van der Waals surface area contributed by atoms with Crippen LogP contribution >= 0.6 is 0 Å². The Kier molecular flexibility index (Phi) is 2.45. The van der Waals surface area contributed by atoms with Gasteiger partial charge in [0.25, 0.3) is 0 Å². The molecule has 88 valence electrons. The van der Waals surface area contributed by atoms with E-state index in [1.165, 1.54) is 0 Å². The highest BCUT2D eigenvalue weighted by Gasteiger charge is 2.14. The van der Waals surface area contributed by atoms with E-state index in [-0.39, 0.29) is 6.61 Å². The Bertz CT molecular complexity index is 535. The van der Waals surface area contributed by atoms with E-state index >= 15 is 0 Å². The molecule has 0 aliphatic carbocycles. The summed E-state index contributed by atoms with van der Waals surface area (Å²) < 4.78 is 15.9. The number of rotatable bonds is 2. The van der Waals surface area contributed by atoms with Gasteiger partial charge in [0, 0.05) is 11.6 Å². The van der Waals surface area contributed by atoms with Crippen LogP contribution in [0.25, 0.3) is 11.3 Å². The van der Waals surface area contributed by atoms with Gasteiger partial charge in [0.2, 0.25) is 0 Å². The predicted molar refractivity (Wildman–Crippen MR) is 58.9 cm³/mol. The van der Waals surface area contributed by atoms with Crippen molar-refractivity contribution in [1.82, 2.24) is 5.16 Å². The zero-order chi connectivity index (χ0) is 11.7. The van der Waals surface area contributed by atoms with Crippen molar-refractivity contribution in [3.8, 4) is 22.8 Å². The molecule has 0 saturated heterocycles. The summed E-state index contributed by atoms with van der Waals surface area (Å²) in [6.07, 6.45) is 0. The second-order valence-corrected chi connectivity index (χ2v) is 3.70. The number of hydrogen-bond acceptors (Lipinski definition) is 5. The Hall–Kier alpha value is -2.01. The summed E-state index contributed by atoms with van der Waals surface area (Å²) >= 11 is 0. The fraction of sp³-hybridized carbons (Fsp3) is 0.250. The zero-order valence-electron chi connectivity index (χ0n) is 9.05. The highest BCUT2D eigenvalue weighted by molar-refractivity contribution is 5.64. The van der Waals surface area contributed by atoms with E-state index in [9.17, 15) is 0 Å². The highest BCUT2D eigenvalue weighted by Crippen LogP contribution is 2.34. The maximum Gasteiger partial charge on any atom is 0.162 e. The van der Waals surface area contributed by atoms with Crippen LogP contribution in [0.15, 0.2) is 28.8 Å². The first-order valence-electron chi connectivity index (χ1n) is 5.33. The lowest BCUT2D eigenvalue weighted by atomic mass is 10.1. The molecule has 0 radical (unpaired) electrons. The van der Waals surface area contributed by atoms with Gasteiger partial charge in [-0.2, -0.15) is 0 Å². The maximum absolute atomic E-state index is 8.91. The number of fused-ring (bicyclic) bond motifs is 1. The minimum Gasteiger partial charge on any atom is -0.486 e. The molecule has 0 spiro atoms. The standard InChI is InChI=1S/C12H11NO4/c14-7-9-6-10(13-17-9)8-1-2-11-12(5-8)16-4-3-15-11/h1-2,5-6,14H,3-4,7H2. The van der Waals surface area contributed by atoms with Gasteiger partial charge in [-0.3, -0.25) is 0 Å². The third kappa shape index (κ3) is 1.85. The van der Waals surface area contributed by atoms with Gasteiger partial charge >= 0.3 is 0 Å². The lowest BCUT2D eigenvalue weighted by molar-refractivity contribution is 0.171. The van der Waals surface area contributed by atoms with E-state index < -0.39 is 0 Å². The van der Waals surface area contributed by atoms with Crippen molar-refractivity contribution in [2.24, 2.45) is 0 Å². The van der Waals surface area contributed by atoms with Crippen molar-refractivity contribution in [3.05, 3.63) is 30.0 Å². The van der Waals surface area contributed by atoms with Crippen LogP contribution in [0.5, 0.6) is 11.5 Å². The van der Waals surface area contributed by atoms with Crippen molar-refractivity contribution in [3.63, 3.8) is 0 Å². The summed E-state index contributed by atoms with van der Waals surface area (Å²) in [4.78, 5) is 0. The molecule has 1 N–H and O–H groups in total. The average molecular weight is 233 g/mol. The third-order valence-corrected chi connectivity index (χ3v) is 2.55. The highest BCUT2D eigenvalue weighted by atomic mass is 16.6. The number of aliphatic hydroxyl groups is 1. The molecule has 2 heterocycles. The van der Waals surface area contributed by atoms with Gasteiger partial charge < -0.3 is 19.1 Å². The van der Waals surface area contributed by atoms with Crippen molar-refractivity contribution in [2.45, 2.75) is 6.61 Å². The molecule has 0 bridgehead atoms. The van der Waals surface area contributed by atoms with Gasteiger partial charge in [-0.05, 0) is 18.2 Å². The topological polar surface area (TPSA) is 64.7 Å².